The molecule has 1 N–H and O–H groups in total. The van der Waals surface area contributed by atoms with Gasteiger partial charge in [-0.25, -0.2) is 0 Å². The van der Waals surface area contributed by atoms with E-state index in [1.807, 2.05) is 0 Å². The molecule has 2 aliphatic rings. The van der Waals surface area contributed by atoms with Crippen LogP contribution in [0.2, 0.25) is 0 Å². The van der Waals surface area contributed by atoms with Gasteiger partial charge in [0.2, 0.25) is 0 Å². The van der Waals surface area contributed by atoms with E-state index >= 15 is 0 Å². The summed E-state index contributed by atoms with van der Waals surface area (Å²) < 4.78 is 11.5. The third kappa shape index (κ3) is 3.54. The maximum atomic E-state index is 6.14. The van der Waals surface area contributed by atoms with Crippen LogP contribution in [0.25, 0.3) is 0 Å². The number of quaternary nitrogens is 1. The highest BCUT2D eigenvalue weighted by Crippen LogP contribution is 2.28. The Balaban J connectivity index is 1.92. The minimum absolute atomic E-state index is 0.365. The number of hydrogen-bond donors (Lipinski definition) is 1. The lowest BCUT2D eigenvalue weighted by molar-refractivity contribution is -0.911. The van der Waals surface area contributed by atoms with Gasteiger partial charge in [-0.15, -0.1) is 0 Å². The highest BCUT2D eigenvalue weighted by Gasteiger charge is 2.33. The molecule has 0 amide bonds. The Bertz CT molecular complexity index is 261. The molecule has 2 saturated heterocycles. The van der Waals surface area contributed by atoms with Crippen molar-refractivity contribution in [1.82, 2.24) is 0 Å². The lowest BCUT2D eigenvalue weighted by atomic mass is 9.86. The molecule has 0 aliphatic carbocycles. The first-order valence-electron chi connectivity index (χ1n) is 6.89. The maximum absolute atomic E-state index is 6.14. The summed E-state index contributed by atoms with van der Waals surface area (Å²) >= 11 is 0. The zero-order valence-corrected chi connectivity index (χ0v) is 11.2. The molecule has 0 spiro atoms. The Hall–Kier alpha value is -0.380. The second-order valence-electron chi connectivity index (χ2n) is 5.58. The van der Waals surface area contributed by atoms with Crippen molar-refractivity contribution in [2.75, 3.05) is 32.8 Å². The van der Waals surface area contributed by atoms with Gasteiger partial charge in [0.05, 0.1) is 19.3 Å². The number of ether oxygens (including phenoxy) is 2. The molecule has 0 saturated carbocycles. The number of nitrogens with one attached hydrogen (secondary N) is 1. The van der Waals surface area contributed by atoms with Crippen molar-refractivity contribution in [2.45, 2.75) is 38.9 Å². The smallest absolute Gasteiger partial charge is 0.113 e. The predicted molar refractivity (Wildman–Crippen MR) is 68.3 cm³/mol. The third-order valence-corrected chi connectivity index (χ3v) is 4.06. The standard InChI is InChI=1S/C14H25NO2/c1-11(2)13-5-4-12(3)17-14(13)10-15-6-8-16-9-7-15/h12-14H,1,4-10H2,2-3H3/p+1/t12-,13-,14-/m0/s1. The summed E-state index contributed by atoms with van der Waals surface area (Å²) in [6, 6.07) is 0. The molecule has 0 radical (unpaired) electrons. The molecule has 3 nitrogen and oxygen atoms in total. The van der Waals surface area contributed by atoms with Crippen LogP contribution in [0.3, 0.4) is 0 Å². The minimum atomic E-state index is 0.365. The van der Waals surface area contributed by atoms with Crippen LogP contribution in [-0.2, 0) is 9.47 Å². The lowest BCUT2D eigenvalue weighted by Crippen LogP contribution is -3.15. The zero-order chi connectivity index (χ0) is 12.3. The largest absolute Gasteiger partial charge is 0.370 e. The van der Waals surface area contributed by atoms with Gasteiger partial charge >= 0.3 is 0 Å². The van der Waals surface area contributed by atoms with Gasteiger partial charge < -0.3 is 14.4 Å². The predicted octanol–water partition coefficient (Wildman–Crippen LogP) is 0.661. The topological polar surface area (TPSA) is 22.9 Å². The quantitative estimate of drug-likeness (QED) is 0.733. The molecule has 3 atom stereocenters. The number of morpholine rings is 1. The molecule has 3 heteroatoms. The maximum Gasteiger partial charge on any atom is 0.113 e. The van der Waals surface area contributed by atoms with Crippen LogP contribution in [-0.4, -0.2) is 45.1 Å². The van der Waals surface area contributed by atoms with E-state index in [0.29, 0.717) is 18.1 Å². The molecule has 98 valence electrons. The Morgan fingerprint density at radius 2 is 2.00 bits per heavy atom. The van der Waals surface area contributed by atoms with Crippen molar-refractivity contribution < 1.29 is 14.4 Å². The minimum Gasteiger partial charge on any atom is -0.370 e. The molecule has 0 aromatic rings. The molecular weight excluding hydrogens is 214 g/mol. The second-order valence-corrected chi connectivity index (χ2v) is 5.58. The van der Waals surface area contributed by atoms with Crippen molar-refractivity contribution in [3.63, 3.8) is 0 Å². The fraction of sp³-hybridized carbons (Fsp3) is 0.857. The van der Waals surface area contributed by atoms with Gasteiger partial charge in [0, 0.05) is 5.92 Å². The summed E-state index contributed by atoms with van der Waals surface area (Å²) in [7, 11) is 0. The van der Waals surface area contributed by atoms with Crippen LogP contribution in [0.4, 0.5) is 0 Å². The van der Waals surface area contributed by atoms with E-state index in [1.54, 1.807) is 4.90 Å². The normalized spacial score (nSPS) is 35.8. The Kier molecular flexibility index (Phi) is 4.60. The van der Waals surface area contributed by atoms with Gasteiger partial charge in [0.1, 0.15) is 25.7 Å². The van der Waals surface area contributed by atoms with Crippen molar-refractivity contribution in [3.05, 3.63) is 12.2 Å². The molecular formula is C14H26NO2+. The summed E-state index contributed by atoms with van der Waals surface area (Å²) in [5, 5.41) is 0. The monoisotopic (exact) mass is 240 g/mol. The lowest BCUT2D eigenvalue weighted by Gasteiger charge is -2.37. The van der Waals surface area contributed by atoms with E-state index in [4.69, 9.17) is 9.47 Å². The van der Waals surface area contributed by atoms with Crippen LogP contribution < -0.4 is 4.90 Å². The molecule has 0 aromatic carbocycles. The van der Waals surface area contributed by atoms with Crippen LogP contribution >= 0.6 is 0 Å². The van der Waals surface area contributed by atoms with Crippen molar-refractivity contribution in [2.24, 2.45) is 5.92 Å². The highest BCUT2D eigenvalue weighted by atomic mass is 16.5. The fourth-order valence-electron chi connectivity index (χ4n) is 2.96. The van der Waals surface area contributed by atoms with Crippen LogP contribution in [0.15, 0.2) is 12.2 Å². The summed E-state index contributed by atoms with van der Waals surface area (Å²) in [5.74, 6) is 0.557. The van der Waals surface area contributed by atoms with Gasteiger partial charge in [-0.1, -0.05) is 12.2 Å². The first kappa shape index (κ1) is 13.1. The van der Waals surface area contributed by atoms with E-state index in [2.05, 4.69) is 20.4 Å². The summed E-state index contributed by atoms with van der Waals surface area (Å²) in [4.78, 5) is 1.63. The van der Waals surface area contributed by atoms with E-state index in [0.717, 1.165) is 32.8 Å². The molecule has 2 heterocycles. The average molecular weight is 240 g/mol. The molecule has 0 aromatic heterocycles. The highest BCUT2D eigenvalue weighted by molar-refractivity contribution is 5.01. The fourth-order valence-corrected chi connectivity index (χ4v) is 2.96. The van der Waals surface area contributed by atoms with Gasteiger partial charge in [-0.3, -0.25) is 0 Å². The van der Waals surface area contributed by atoms with Crippen LogP contribution in [0.1, 0.15) is 26.7 Å². The molecule has 0 bridgehead atoms. The summed E-state index contributed by atoms with van der Waals surface area (Å²) in [6.07, 6.45) is 3.19. The Morgan fingerprint density at radius 1 is 1.29 bits per heavy atom. The van der Waals surface area contributed by atoms with Gasteiger partial charge in [-0.2, -0.15) is 0 Å². The first-order chi connectivity index (χ1) is 8.16. The second kappa shape index (κ2) is 5.98. The summed E-state index contributed by atoms with van der Waals surface area (Å²) in [5.41, 5.74) is 1.29. The number of rotatable bonds is 3. The van der Waals surface area contributed by atoms with E-state index < -0.39 is 0 Å². The number of hydrogen-bond acceptors (Lipinski definition) is 2. The van der Waals surface area contributed by atoms with E-state index in [9.17, 15) is 0 Å². The van der Waals surface area contributed by atoms with E-state index in [1.165, 1.54) is 18.4 Å². The van der Waals surface area contributed by atoms with Gasteiger partial charge in [0.25, 0.3) is 0 Å². The molecule has 2 aliphatic heterocycles. The summed E-state index contributed by atoms with van der Waals surface area (Å²) in [6.45, 7) is 13.6. The first-order valence-corrected chi connectivity index (χ1v) is 6.89. The van der Waals surface area contributed by atoms with Gasteiger partial charge in [-0.05, 0) is 26.7 Å². The Morgan fingerprint density at radius 3 is 2.65 bits per heavy atom. The average Bonchev–Trinajstić information content (AvgIpc) is 2.30. The van der Waals surface area contributed by atoms with Crippen molar-refractivity contribution in [3.8, 4) is 0 Å². The molecule has 2 rings (SSSR count). The molecule has 2 fully saturated rings. The van der Waals surface area contributed by atoms with Crippen molar-refractivity contribution in [1.29, 1.82) is 0 Å². The third-order valence-electron chi connectivity index (χ3n) is 4.06. The molecule has 17 heavy (non-hydrogen) atoms. The van der Waals surface area contributed by atoms with E-state index in [-0.39, 0.29) is 0 Å². The van der Waals surface area contributed by atoms with Crippen molar-refractivity contribution >= 4 is 0 Å². The SMILES string of the molecule is C=C(C)[C@@H]1CC[C@H](C)O[C@H]1C[NH+]1CCOCC1. The zero-order valence-electron chi connectivity index (χ0n) is 11.2. The van der Waals surface area contributed by atoms with Crippen LogP contribution in [0, 0.1) is 5.92 Å². The van der Waals surface area contributed by atoms with Gasteiger partial charge in [0.15, 0.2) is 0 Å². The Labute approximate surface area is 105 Å². The molecule has 0 unspecified atom stereocenters. The van der Waals surface area contributed by atoms with Crippen LogP contribution in [0.5, 0.6) is 0 Å².